The number of benzene rings is 2. The summed E-state index contributed by atoms with van der Waals surface area (Å²) in [5.41, 5.74) is 5.38. The molecule has 0 saturated heterocycles. The third-order valence-corrected chi connectivity index (χ3v) is 5.81. The van der Waals surface area contributed by atoms with Gasteiger partial charge in [-0.2, -0.15) is 0 Å². The van der Waals surface area contributed by atoms with Crippen LogP contribution in [0.5, 0.6) is 0 Å². The highest BCUT2D eigenvalue weighted by molar-refractivity contribution is 6.21. The molecule has 0 bridgehead atoms. The first-order chi connectivity index (χ1) is 16.0. The molecule has 7 nitrogen and oxygen atoms in total. The van der Waals surface area contributed by atoms with E-state index >= 15 is 0 Å². The minimum absolute atomic E-state index is 0.164. The first-order valence-corrected chi connectivity index (χ1v) is 10.8. The highest BCUT2D eigenvalue weighted by atomic mass is 16.2. The van der Waals surface area contributed by atoms with Crippen molar-refractivity contribution in [3.8, 4) is 11.3 Å². The van der Waals surface area contributed by atoms with Crippen LogP contribution in [0.4, 0.5) is 5.69 Å². The third kappa shape index (κ3) is 3.89. The summed E-state index contributed by atoms with van der Waals surface area (Å²) in [5.74, 6) is -0.759. The Hall–Kier alpha value is -4.26. The van der Waals surface area contributed by atoms with Gasteiger partial charge in [-0.15, -0.1) is 0 Å². The lowest BCUT2D eigenvalue weighted by molar-refractivity contribution is -0.116. The van der Waals surface area contributed by atoms with E-state index in [2.05, 4.69) is 5.32 Å². The van der Waals surface area contributed by atoms with Crippen LogP contribution in [0.15, 0.2) is 73.1 Å². The van der Waals surface area contributed by atoms with E-state index in [0.29, 0.717) is 23.2 Å². The van der Waals surface area contributed by atoms with Gasteiger partial charge in [0.05, 0.1) is 16.8 Å². The number of hydrogen-bond acceptors (Lipinski definition) is 4. The number of aromatic nitrogens is 2. The number of pyridine rings is 1. The van der Waals surface area contributed by atoms with Crippen molar-refractivity contribution in [3.63, 3.8) is 0 Å². The van der Waals surface area contributed by atoms with Crippen LogP contribution >= 0.6 is 0 Å². The minimum Gasteiger partial charge on any atom is -0.326 e. The number of imide groups is 1. The monoisotopic (exact) mass is 438 g/mol. The van der Waals surface area contributed by atoms with Gasteiger partial charge >= 0.3 is 0 Å². The predicted molar refractivity (Wildman–Crippen MR) is 125 cm³/mol. The molecule has 5 rings (SSSR count). The number of carbonyl (C=O) groups is 3. The molecule has 2 aromatic heterocycles. The topological polar surface area (TPSA) is 83.8 Å². The number of aryl methyl sites for hydroxylation is 1. The average Bonchev–Trinajstić information content (AvgIpc) is 3.36. The van der Waals surface area contributed by atoms with Gasteiger partial charge in [-0.05, 0) is 49.2 Å². The number of imidazole rings is 1. The first kappa shape index (κ1) is 20.6. The fourth-order valence-corrected chi connectivity index (χ4v) is 4.08. The molecule has 0 fully saturated rings. The van der Waals surface area contributed by atoms with E-state index in [4.69, 9.17) is 4.98 Å². The number of carbonyl (C=O) groups excluding carboxylic acids is 3. The summed E-state index contributed by atoms with van der Waals surface area (Å²) in [6.45, 7) is 2.24. The number of hydrogen-bond donors (Lipinski definition) is 1. The van der Waals surface area contributed by atoms with Gasteiger partial charge in [-0.3, -0.25) is 19.3 Å². The molecular formula is C26H22N4O3. The summed E-state index contributed by atoms with van der Waals surface area (Å²) in [5, 5.41) is 2.87. The summed E-state index contributed by atoms with van der Waals surface area (Å²) in [7, 11) is 0. The van der Waals surface area contributed by atoms with Crippen LogP contribution in [0.1, 0.15) is 39.1 Å². The molecule has 0 atom stereocenters. The van der Waals surface area contributed by atoms with E-state index in [1.165, 1.54) is 4.90 Å². The number of fused-ring (bicyclic) bond motifs is 2. The highest BCUT2D eigenvalue weighted by Gasteiger charge is 2.34. The molecule has 0 aliphatic carbocycles. The van der Waals surface area contributed by atoms with Crippen LogP contribution in [0.25, 0.3) is 16.9 Å². The predicted octanol–water partition coefficient (Wildman–Crippen LogP) is 4.32. The fraction of sp³-hybridized carbons (Fsp3) is 0.154. The Bertz CT molecular complexity index is 1350. The molecule has 3 heterocycles. The van der Waals surface area contributed by atoms with Crippen molar-refractivity contribution >= 4 is 29.1 Å². The molecule has 33 heavy (non-hydrogen) atoms. The Balaban J connectivity index is 1.17. The number of nitrogens with one attached hydrogen (secondary N) is 1. The zero-order valence-electron chi connectivity index (χ0n) is 18.1. The summed E-state index contributed by atoms with van der Waals surface area (Å²) < 4.78 is 1.99. The van der Waals surface area contributed by atoms with Gasteiger partial charge in [0.15, 0.2) is 0 Å². The van der Waals surface area contributed by atoms with Crippen LogP contribution in [-0.2, 0) is 4.79 Å². The number of amides is 3. The lowest BCUT2D eigenvalue weighted by Gasteiger charge is -2.13. The maximum absolute atomic E-state index is 12.4. The van der Waals surface area contributed by atoms with Gasteiger partial charge in [0.2, 0.25) is 5.91 Å². The molecule has 1 aliphatic heterocycles. The largest absolute Gasteiger partial charge is 0.326 e. The van der Waals surface area contributed by atoms with Crippen molar-refractivity contribution in [2.75, 3.05) is 11.9 Å². The fourth-order valence-electron chi connectivity index (χ4n) is 4.08. The SMILES string of the molecule is Cc1cccn2cc(-c3ccc(NC(=O)CCCN4C(=O)c5ccccc5C4=O)cc3)nc12. The lowest BCUT2D eigenvalue weighted by Crippen LogP contribution is -2.31. The quantitative estimate of drug-likeness (QED) is 0.454. The highest BCUT2D eigenvalue weighted by Crippen LogP contribution is 2.24. The Morgan fingerprint density at radius 2 is 1.64 bits per heavy atom. The summed E-state index contributed by atoms with van der Waals surface area (Å²) in [6, 6.07) is 18.3. The van der Waals surface area contributed by atoms with E-state index in [1.54, 1.807) is 24.3 Å². The van der Waals surface area contributed by atoms with E-state index in [9.17, 15) is 14.4 Å². The molecule has 0 saturated carbocycles. The minimum atomic E-state index is -0.297. The maximum atomic E-state index is 12.4. The van der Waals surface area contributed by atoms with Gasteiger partial charge in [-0.25, -0.2) is 4.98 Å². The van der Waals surface area contributed by atoms with E-state index < -0.39 is 0 Å². The second-order valence-corrected chi connectivity index (χ2v) is 8.08. The smallest absolute Gasteiger partial charge is 0.261 e. The third-order valence-electron chi connectivity index (χ3n) is 5.81. The van der Waals surface area contributed by atoms with Gasteiger partial charge in [-0.1, -0.05) is 30.3 Å². The van der Waals surface area contributed by atoms with E-state index in [1.807, 2.05) is 60.1 Å². The molecule has 7 heteroatoms. The van der Waals surface area contributed by atoms with Crippen LogP contribution in [0.2, 0.25) is 0 Å². The molecule has 0 radical (unpaired) electrons. The average molecular weight is 438 g/mol. The molecule has 164 valence electrons. The van der Waals surface area contributed by atoms with Gasteiger partial charge in [0.1, 0.15) is 5.65 Å². The van der Waals surface area contributed by atoms with Crippen molar-refractivity contribution in [2.45, 2.75) is 19.8 Å². The number of anilines is 1. The van der Waals surface area contributed by atoms with E-state index in [-0.39, 0.29) is 30.7 Å². The molecule has 2 aromatic carbocycles. The van der Waals surface area contributed by atoms with Crippen LogP contribution < -0.4 is 5.32 Å². The van der Waals surface area contributed by atoms with Crippen molar-refractivity contribution in [3.05, 3.63) is 89.7 Å². The standard InChI is InChI=1S/C26H22N4O3/c1-17-6-4-14-29-16-22(28-24(17)29)18-10-12-19(13-11-18)27-23(31)9-5-15-30-25(32)20-7-2-3-8-21(20)26(30)33/h2-4,6-8,10-14,16H,5,9,15H2,1H3,(H,27,31). The van der Waals surface area contributed by atoms with Crippen molar-refractivity contribution < 1.29 is 14.4 Å². The summed E-state index contributed by atoms with van der Waals surface area (Å²) in [4.78, 5) is 43.1. The Morgan fingerprint density at radius 1 is 0.939 bits per heavy atom. The van der Waals surface area contributed by atoms with Gasteiger partial charge in [0.25, 0.3) is 11.8 Å². The Morgan fingerprint density at radius 3 is 2.30 bits per heavy atom. The number of rotatable bonds is 6. The zero-order valence-corrected chi connectivity index (χ0v) is 18.1. The summed E-state index contributed by atoms with van der Waals surface area (Å²) in [6.07, 6.45) is 4.56. The molecule has 1 aliphatic rings. The van der Waals surface area contributed by atoms with Gasteiger partial charge < -0.3 is 9.72 Å². The Labute approximate surface area is 190 Å². The molecule has 1 N–H and O–H groups in total. The normalized spacial score (nSPS) is 12.9. The second kappa shape index (κ2) is 8.35. The van der Waals surface area contributed by atoms with Crippen molar-refractivity contribution in [2.24, 2.45) is 0 Å². The molecule has 0 unspecified atom stereocenters. The van der Waals surface area contributed by atoms with Gasteiger partial charge in [0, 0.05) is 36.6 Å². The number of nitrogens with zero attached hydrogens (tertiary/aromatic N) is 3. The van der Waals surface area contributed by atoms with Crippen molar-refractivity contribution in [1.82, 2.24) is 14.3 Å². The molecule has 3 amide bonds. The Kier molecular flexibility index (Phi) is 5.22. The zero-order chi connectivity index (χ0) is 22.9. The summed E-state index contributed by atoms with van der Waals surface area (Å²) >= 11 is 0. The molecule has 0 spiro atoms. The van der Waals surface area contributed by atoms with Crippen molar-refractivity contribution in [1.29, 1.82) is 0 Å². The molecule has 4 aromatic rings. The van der Waals surface area contributed by atoms with Crippen LogP contribution in [0.3, 0.4) is 0 Å². The van der Waals surface area contributed by atoms with E-state index in [0.717, 1.165) is 22.5 Å². The van der Waals surface area contributed by atoms with Crippen LogP contribution in [-0.4, -0.2) is 38.6 Å². The maximum Gasteiger partial charge on any atom is 0.261 e. The second-order valence-electron chi connectivity index (χ2n) is 8.08. The first-order valence-electron chi connectivity index (χ1n) is 10.8. The van der Waals surface area contributed by atoms with Crippen LogP contribution in [0, 0.1) is 6.92 Å². The lowest BCUT2D eigenvalue weighted by atomic mass is 10.1. The molecular weight excluding hydrogens is 416 g/mol.